The fraction of sp³-hybridized carbons (Fsp3) is 1.00. The van der Waals surface area contributed by atoms with Crippen LogP contribution in [0.2, 0.25) is 0 Å². The molecule has 0 heterocycles. The summed E-state index contributed by atoms with van der Waals surface area (Å²) in [5.74, 6) is 0.423. The van der Waals surface area contributed by atoms with E-state index in [0.717, 1.165) is 6.42 Å². The summed E-state index contributed by atoms with van der Waals surface area (Å²) in [5.41, 5.74) is 0. The van der Waals surface area contributed by atoms with Crippen LogP contribution in [0.5, 0.6) is 0 Å². The average molecular weight is 375 g/mol. The van der Waals surface area contributed by atoms with Gasteiger partial charge in [-0.1, -0.05) is 118 Å². The molecule has 0 aliphatic carbocycles. The van der Waals surface area contributed by atoms with Gasteiger partial charge in [0.1, 0.15) is 0 Å². The van der Waals surface area contributed by atoms with Crippen LogP contribution in [0.3, 0.4) is 0 Å². The van der Waals surface area contributed by atoms with E-state index in [1.807, 2.05) is 0 Å². The van der Waals surface area contributed by atoms with Crippen LogP contribution >= 0.6 is 0 Å². The van der Waals surface area contributed by atoms with E-state index in [-0.39, 0.29) is 19.6 Å². The Morgan fingerprint density at radius 3 is 1.08 bits per heavy atom. The third-order valence-corrected chi connectivity index (χ3v) is 4.62. The molecule has 0 aliphatic heterocycles. The van der Waals surface area contributed by atoms with Crippen LogP contribution in [0, 0.1) is 5.92 Å². The van der Waals surface area contributed by atoms with Crippen LogP contribution in [-0.4, -0.2) is 22.4 Å². The largest absolute Gasteiger partial charge is 0.394 e. The van der Waals surface area contributed by atoms with Crippen LogP contribution in [-0.2, 0) is 0 Å². The minimum Gasteiger partial charge on any atom is -0.394 e. The first-order valence-electron chi connectivity index (χ1n) is 11.3. The van der Waals surface area contributed by atoms with Crippen molar-refractivity contribution in [2.24, 2.45) is 5.92 Å². The summed E-state index contributed by atoms with van der Waals surface area (Å²) in [7, 11) is 0. The Balaban J connectivity index is -0.000000951. The van der Waals surface area contributed by atoms with Gasteiger partial charge in [-0.15, -0.1) is 0 Å². The van der Waals surface area contributed by atoms with Gasteiger partial charge in [0.2, 0.25) is 0 Å². The molecule has 1 unspecified atom stereocenters. The summed E-state index contributed by atoms with van der Waals surface area (Å²) in [6.45, 7) is 9.94. The van der Waals surface area contributed by atoms with Crippen molar-refractivity contribution in [3.63, 3.8) is 0 Å². The zero-order chi connectivity index (χ0) is 19.3. The number of unbranched alkanes of at least 4 members (excludes halogenated alkanes) is 13. The summed E-state index contributed by atoms with van der Waals surface area (Å²) in [6.07, 6.45) is 20.4. The molecule has 2 N–H and O–H groups in total. The van der Waals surface area contributed by atoms with Crippen molar-refractivity contribution in [2.75, 3.05) is 0 Å². The predicted octanol–water partition coefficient (Wildman–Crippen LogP) is 7.90. The summed E-state index contributed by atoms with van der Waals surface area (Å²) in [4.78, 5) is 0. The first kappa shape index (κ1) is 30.6. The minimum absolute atomic E-state index is 0. The quantitative estimate of drug-likeness (QED) is 0.269. The van der Waals surface area contributed by atoms with Gasteiger partial charge >= 0.3 is 0 Å². The second-order valence-corrected chi connectivity index (χ2v) is 8.29. The van der Waals surface area contributed by atoms with Crippen molar-refractivity contribution in [3.8, 4) is 0 Å². The van der Waals surface area contributed by atoms with Gasteiger partial charge in [-0.2, -0.15) is 0 Å². The maximum atomic E-state index is 9.72. The van der Waals surface area contributed by atoms with Gasteiger partial charge in [0.25, 0.3) is 0 Å². The molecule has 2 heteroatoms. The van der Waals surface area contributed by atoms with Gasteiger partial charge in [-0.05, 0) is 26.2 Å². The second-order valence-electron chi connectivity index (χ2n) is 8.29. The van der Waals surface area contributed by atoms with E-state index in [2.05, 4.69) is 20.8 Å². The Bertz CT molecular complexity index is 223. The fourth-order valence-corrected chi connectivity index (χ4v) is 2.88. The van der Waals surface area contributed by atoms with E-state index >= 15 is 0 Å². The lowest BCUT2D eigenvalue weighted by atomic mass is 10.00. The van der Waals surface area contributed by atoms with E-state index in [1.54, 1.807) is 13.8 Å². The lowest BCUT2D eigenvalue weighted by Gasteiger charge is -2.13. The van der Waals surface area contributed by atoms with Crippen LogP contribution in [0.1, 0.15) is 138 Å². The molecule has 0 radical (unpaired) electrons. The number of aliphatic hydroxyl groups is 2. The lowest BCUT2D eigenvalue weighted by Crippen LogP contribution is -2.13. The molecule has 0 spiro atoms. The second kappa shape index (κ2) is 24.9. The minimum atomic E-state index is -0.167. The van der Waals surface area contributed by atoms with E-state index in [1.165, 1.54) is 89.9 Å². The van der Waals surface area contributed by atoms with Crippen molar-refractivity contribution in [1.82, 2.24) is 0 Å². The van der Waals surface area contributed by atoms with Gasteiger partial charge in [-0.25, -0.2) is 0 Å². The number of aliphatic hydroxyl groups excluding tert-OH is 2. The molecule has 0 fully saturated rings. The third-order valence-electron chi connectivity index (χ3n) is 4.62. The zero-order valence-corrected chi connectivity index (χ0v) is 18.2. The molecule has 0 rings (SSSR count). The molecular weight excluding hydrogens is 320 g/mol. The summed E-state index contributed by atoms with van der Waals surface area (Å²) in [6, 6.07) is 0. The predicted molar refractivity (Wildman–Crippen MR) is 120 cm³/mol. The fourth-order valence-electron chi connectivity index (χ4n) is 2.88. The van der Waals surface area contributed by atoms with Crippen molar-refractivity contribution < 1.29 is 10.2 Å². The first-order valence-corrected chi connectivity index (χ1v) is 11.3. The molecular formula is C24H54O2. The summed E-state index contributed by atoms with van der Waals surface area (Å²) in [5, 5.41) is 17.8. The topological polar surface area (TPSA) is 40.5 Å². The van der Waals surface area contributed by atoms with Gasteiger partial charge in [0.05, 0.1) is 6.10 Å². The Kier molecular flexibility index (Phi) is 29.4. The molecule has 0 saturated heterocycles. The van der Waals surface area contributed by atoms with Crippen molar-refractivity contribution >= 4 is 0 Å². The van der Waals surface area contributed by atoms with Crippen molar-refractivity contribution in [2.45, 2.75) is 151 Å². The highest BCUT2D eigenvalue weighted by Crippen LogP contribution is 2.15. The molecule has 0 aromatic carbocycles. The van der Waals surface area contributed by atoms with Crippen molar-refractivity contribution in [3.05, 3.63) is 0 Å². The Hall–Kier alpha value is -0.0800. The smallest absolute Gasteiger partial charge is 0.0563 e. The van der Waals surface area contributed by atoms with Crippen LogP contribution in [0.4, 0.5) is 0 Å². The van der Waals surface area contributed by atoms with E-state index in [0.29, 0.717) is 5.92 Å². The highest BCUT2D eigenvalue weighted by Gasteiger charge is 2.07. The average Bonchev–Trinajstić information content (AvgIpc) is 2.54. The van der Waals surface area contributed by atoms with Crippen molar-refractivity contribution in [1.29, 1.82) is 0 Å². The molecule has 1 atom stereocenters. The van der Waals surface area contributed by atoms with E-state index in [9.17, 15) is 5.11 Å². The molecule has 2 nitrogen and oxygen atoms in total. The van der Waals surface area contributed by atoms with Gasteiger partial charge < -0.3 is 10.2 Å². The molecule has 26 heavy (non-hydrogen) atoms. The highest BCUT2D eigenvalue weighted by atomic mass is 16.3. The molecule has 0 bridgehead atoms. The summed E-state index contributed by atoms with van der Waals surface area (Å²) >= 11 is 0. The van der Waals surface area contributed by atoms with Crippen LogP contribution in [0.15, 0.2) is 0 Å². The third kappa shape index (κ3) is 31.7. The first-order chi connectivity index (χ1) is 11.9. The van der Waals surface area contributed by atoms with Gasteiger partial charge in [0, 0.05) is 6.10 Å². The molecule has 0 aromatic heterocycles. The molecule has 162 valence electrons. The van der Waals surface area contributed by atoms with E-state index < -0.39 is 0 Å². The van der Waals surface area contributed by atoms with Gasteiger partial charge in [-0.3, -0.25) is 0 Å². The molecule has 0 amide bonds. The van der Waals surface area contributed by atoms with Crippen LogP contribution in [0.25, 0.3) is 0 Å². The molecule has 0 aromatic rings. The SMILES string of the molecule is C.CC(C)O.CCCCCCCCCCCCCCCCC(O)C(C)C. The lowest BCUT2D eigenvalue weighted by molar-refractivity contribution is 0.113. The highest BCUT2D eigenvalue weighted by molar-refractivity contribution is 4.59. The molecule has 0 saturated carbocycles. The monoisotopic (exact) mass is 374 g/mol. The maximum Gasteiger partial charge on any atom is 0.0563 e. The molecule has 0 aliphatic rings. The number of rotatable bonds is 16. The number of hydrogen-bond acceptors (Lipinski definition) is 2. The summed E-state index contributed by atoms with van der Waals surface area (Å²) < 4.78 is 0. The normalized spacial score (nSPS) is 11.9. The number of hydrogen-bond donors (Lipinski definition) is 2. The standard InChI is InChI=1S/C20H42O.C3H8O.CH4/c1-4-5-6-7-8-9-10-11-12-13-14-15-16-17-18-20(21)19(2)3;1-3(2)4;/h19-21H,4-18H2,1-3H3;3-4H,1-2H3;1H4. The zero-order valence-electron chi connectivity index (χ0n) is 18.2. The Morgan fingerprint density at radius 1 is 0.538 bits per heavy atom. The Labute approximate surface area is 167 Å². The maximum absolute atomic E-state index is 9.72. The van der Waals surface area contributed by atoms with Gasteiger partial charge in [0.15, 0.2) is 0 Å². The van der Waals surface area contributed by atoms with E-state index in [4.69, 9.17) is 5.11 Å². The van der Waals surface area contributed by atoms with Crippen LogP contribution < -0.4 is 0 Å². The Morgan fingerprint density at radius 2 is 0.808 bits per heavy atom.